The molecular weight excluding hydrogens is 262 g/mol. The van der Waals surface area contributed by atoms with Gasteiger partial charge in [0, 0.05) is 24.5 Å². The van der Waals surface area contributed by atoms with Gasteiger partial charge in [0.25, 0.3) is 0 Å². The van der Waals surface area contributed by atoms with Crippen LogP contribution in [-0.4, -0.2) is 16.8 Å². The van der Waals surface area contributed by atoms with E-state index >= 15 is 0 Å². The molecule has 0 bridgehead atoms. The lowest BCUT2D eigenvalue weighted by Gasteiger charge is -2.10. The minimum atomic E-state index is 0.474. The van der Waals surface area contributed by atoms with Crippen LogP contribution in [-0.2, 0) is 20.2 Å². The van der Waals surface area contributed by atoms with Gasteiger partial charge in [-0.2, -0.15) is 5.10 Å². The molecule has 21 heavy (non-hydrogen) atoms. The van der Waals surface area contributed by atoms with Gasteiger partial charge in [-0.25, -0.2) is 0 Å². The van der Waals surface area contributed by atoms with E-state index in [1.807, 2.05) is 49.1 Å². The Morgan fingerprint density at radius 1 is 1.10 bits per heavy atom. The van der Waals surface area contributed by atoms with Crippen molar-refractivity contribution in [3.05, 3.63) is 59.8 Å². The van der Waals surface area contributed by atoms with Crippen LogP contribution in [0.1, 0.15) is 11.3 Å². The summed E-state index contributed by atoms with van der Waals surface area (Å²) in [6.07, 6.45) is 0. The highest BCUT2D eigenvalue weighted by Gasteiger charge is 2.09. The van der Waals surface area contributed by atoms with Crippen LogP contribution in [0.25, 0.3) is 10.9 Å². The van der Waals surface area contributed by atoms with Crippen molar-refractivity contribution in [2.24, 2.45) is 7.05 Å². The molecule has 108 valence electrons. The Morgan fingerprint density at radius 3 is 2.71 bits per heavy atom. The van der Waals surface area contributed by atoms with Gasteiger partial charge in [0.1, 0.15) is 18.1 Å². The molecule has 2 aromatic carbocycles. The van der Waals surface area contributed by atoms with Crippen LogP contribution in [0.3, 0.4) is 0 Å². The first-order valence-corrected chi connectivity index (χ1v) is 7.05. The molecule has 1 N–H and O–H groups in total. The van der Waals surface area contributed by atoms with Gasteiger partial charge in [-0.05, 0) is 19.2 Å². The molecule has 4 nitrogen and oxygen atoms in total. The van der Waals surface area contributed by atoms with E-state index in [0.717, 1.165) is 34.5 Å². The highest BCUT2D eigenvalue weighted by Crippen LogP contribution is 2.22. The van der Waals surface area contributed by atoms with E-state index < -0.39 is 0 Å². The minimum Gasteiger partial charge on any atom is -0.487 e. The Hall–Kier alpha value is -2.33. The Morgan fingerprint density at radius 2 is 1.86 bits per heavy atom. The largest absolute Gasteiger partial charge is 0.487 e. The monoisotopic (exact) mass is 281 g/mol. The maximum absolute atomic E-state index is 5.98. The van der Waals surface area contributed by atoms with Gasteiger partial charge in [-0.3, -0.25) is 4.68 Å². The van der Waals surface area contributed by atoms with Crippen molar-refractivity contribution in [2.45, 2.75) is 13.2 Å². The highest BCUT2D eigenvalue weighted by molar-refractivity contribution is 5.81. The number of para-hydroxylation sites is 2. The molecule has 0 aliphatic heterocycles. The van der Waals surface area contributed by atoms with E-state index in [-0.39, 0.29) is 0 Å². The number of fused-ring (bicyclic) bond motifs is 1. The van der Waals surface area contributed by atoms with Crippen molar-refractivity contribution in [1.82, 2.24) is 15.1 Å². The second kappa shape index (κ2) is 5.97. The van der Waals surface area contributed by atoms with E-state index in [1.165, 1.54) is 0 Å². The fraction of sp³-hybridized carbons (Fsp3) is 0.235. The lowest BCUT2D eigenvalue weighted by Crippen LogP contribution is -2.07. The molecule has 0 unspecified atom stereocenters. The van der Waals surface area contributed by atoms with Gasteiger partial charge in [-0.1, -0.05) is 36.4 Å². The molecule has 0 amide bonds. The van der Waals surface area contributed by atoms with Crippen molar-refractivity contribution >= 4 is 10.9 Å². The second-order valence-electron chi connectivity index (χ2n) is 5.01. The summed E-state index contributed by atoms with van der Waals surface area (Å²) in [4.78, 5) is 0. The number of hydrogen-bond donors (Lipinski definition) is 1. The summed E-state index contributed by atoms with van der Waals surface area (Å²) in [7, 11) is 3.89. The molecule has 1 heterocycles. The molecule has 3 rings (SSSR count). The van der Waals surface area contributed by atoms with Gasteiger partial charge in [0.05, 0.1) is 5.52 Å². The lowest BCUT2D eigenvalue weighted by molar-refractivity contribution is 0.297. The van der Waals surface area contributed by atoms with Crippen molar-refractivity contribution in [2.75, 3.05) is 7.05 Å². The third-order valence-corrected chi connectivity index (χ3v) is 3.54. The van der Waals surface area contributed by atoms with Crippen LogP contribution >= 0.6 is 0 Å². The minimum absolute atomic E-state index is 0.474. The summed E-state index contributed by atoms with van der Waals surface area (Å²) in [5, 5.41) is 8.86. The number of ether oxygens (including phenoxy) is 1. The maximum atomic E-state index is 5.98. The van der Waals surface area contributed by atoms with Crippen molar-refractivity contribution in [3.63, 3.8) is 0 Å². The third kappa shape index (κ3) is 2.76. The predicted octanol–water partition coefficient (Wildman–Crippen LogP) is 2.87. The van der Waals surface area contributed by atoms with Crippen LogP contribution in [0.15, 0.2) is 48.5 Å². The summed E-state index contributed by atoms with van der Waals surface area (Å²) >= 11 is 0. The molecule has 0 aliphatic rings. The summed E-state index contributed by atoms with van der Waals surface area (Å²) in [5.74, 6) is 0.904. The first-order valence-electron chi connectivity index (χ1n) is 7.05. The number of nitrogens with one attached hydrogen (secondary N) is 1. The Balaban J connectivity index is 1.84. The summed E-state index contributed by atoms with van der Waals surface area (Å²) in [6.45, 7) is 1.27. The predicted molar refractivity (Wildman–Crippen MR) is 84.3 cm³/mol. The van der Waals surface area contributed by atoms with Crippen molar-refractivity contribution < 1.29 is 4.74 Å². The average Bonchev–Trinajstić information content (AvgIpc) is 2.84. The topological polar surface area (TPSA) is 39.1 Å². The van der Waals surface area contributed by atoms with Crippen molar-refractivity contribution in [1.29, 1.82) is 0 Å². The van der Waals surface area contributed by atoms with Crippen LogP contribution in [0.2, 0.25) is 0 Å². The van der Waals surface area contributed by atoms with Crippen LogP contribution in [0, 0.1) is 0 Å². The molecule has 4 heteroatoms. The molecule has 0 aliphatic carbocycles. The zero-order valence-electron chi connectivity index (χ0n) is 12.3. The van der Waals surface area contributed by atoms with Crippen molar-refractivity contribution in [3.8, 4) is 5.75 Å². The Labute approximate surface area is 124 Å². The standard InChI is InChI=1S/C17H19N3O/c1-18-11-13-7-3-6-10-17(13)21-12-15-14-8-4-5-9-16(14)20(2)19-15/h3-10,18H,11-12H2,1-2H3. The van der Waals surface area contributed by atoms with Gasteiger partial charge in [0.2, 0.25) is 0 Å². The molecule has 0 spiro atoms. The van der Waals surface area contributed by atoms with Gasteiger partial charge < -0.3 is 10.1 Å². The van der Waals surface area contributed by atoms with Crippen LogP contribution in [0.5, 0.6) is 5.75 Å². The normalized spacial score (nSPS) is 11.0. The highest BCUT2D eigenvalue weighted by atomic mass is 16.5. The first-order chi connectivity index (χ1) is 10.3. The molecule has 0 radical (unpaired) electrons. The number of benzene rings is 2. The summed E-state index contributed by atoms with van der Waals surface area (Å²) < 4.78 is 7.88. The third-order valence-electron chi connectivity index (χ3n) is 3.54. The molecular formula is C17H19N3O. The van der Waals surface area contributed by atoms with E-state index in [9.17, 15) is 0 Å². The average molecular weight is 281 g/mol. The zero-order valence-corrected chi connectivity index (χ0v) is 12.3. The zero-order chi connectivity index (χ0) is 14.7. The smallest absolute Gasteiger partial charge is 0.133 e. The van der Waals surface area contributed by atoms with Gasteiger partial charge >= 0.3 is 0 Å². The van der Waals surface area contributed by atoms with Gasteiger partial charge in [-0.15, -0.1) is 0 Å². The summed E-state index contributed by atoms with van der Waals surface area (Å²) in [6, 6.07) is 16.3. The molecule has 0 atom stereocenters. The SMILES string of the molecule is CNCc1ccccc1OCc1nn(C)c2ccccc12. The number of rotatable bonds is 5. The fourth-order valence-electron chi connectivity index (χ4n) is 2.52. The first kappa shape index (κ1) is 13.6. The number of aromatic nitrogens is 2. The van der Waals surface area contributed by atoms with Gasteiger partial charge in [0.15, 0.2) is 0 Å². The van der Waals surface area contributed by atoms with Crippen LogP contribution < -0.4 is 10.1 Å². The van der Waals surface area contributed by atoms with E-state index in [0.29, 0.717) is 6.61 Å². The molecule has 3 aromatic rings. The van der Waals surface area contributed by atoms with E-state index in [1.54, 1.807) is 0 Å². The maximum Gasteiger partial charge on any atom is 0.133 e. The van der Waals surface area contributed by atoms with E-state index in [2.05, 4.69) is 28.6 Å². The summed E-state index contributed by atoms with van der Waals surface area (Å²) in [5.41, 5.74) is 3.24. The lowest BCUT2D eigenvalue weighted by atomic mass is 10.2. The fourth-order valence-corrected chi connectivity index (χ4v) is 2.52. The molecule has 0 fully saturated rings. The molecule has 0 saturated carbocycles. The Kier molecular flexibility index (Phi) is 3.88. The molecule has 1 aromatic heterocycles. The quantitative estimate of drug-likeness (QED) is 0.781. The second-order valence-corrected chi connectivity index (χ2v) is 5.01. The number of nitrogens with zero attached hydrogens (tertiary/aromatic N) is 2. The van der Waals surface area contributed by atoms with Crippen LogP contribution in [0.4, 0.5) is 0 Å². The molecule has 0 saturated heterocycles. The van der Waals surface area contributed by atoms with E-state index in [4.69, 9.17) is 4.74 Å². The number of hydrogen-bond acceptors (Lipinski definition) is 3. The number of aryl methyl sites for hydroxylation is 1. The Bertz CT molecular complexity index is 749.